The third-order valence-corrected chi connectivity index (χ3v) is 8.74. The Morgan fingerprint density at radius 2 is 1.60 bits per heavy atom. The van der Waals surface area contributed by atoms with Crippen molar-refractivity contribution in [2.24, 2.45) is 16.5 Å². The Balaban J connectivity index is 1.23. The number of guanidine groups is 1. The number of amides is 2. The van der Waals surface area contributed by atoms with E-state index in [0.29, 0.717) is 38.0 Å². The largest absolute Gasteiger partial charge is 0.370 e. The third kappa shape index (κ3) is 5.83. The van der Waals surface area contributed by atoms with E-state index in [4.69, 9.17) is 11.5 Å². The van der Waals surface area contributed by atoms with Crippen LogP contribution in [-0.2, 0) is 4.79 Å². The molecule has 6 rings (SSSR count). The maximum Gasteiger partial charge on any atom is 0.251 e. The molecular formula is C35H38N6O2. The van der Waals surface area contributed by atoms with Crippen LogP contribution < -0.4 is 22.1 Å². The van der Waals surface area contributed by atoms with E-state index in [1.807, 2.05) is 54.3 Å². The van der Waals surface area contributed by atoms with Gasteiger partial charge in [-0.1, -0.05) is 85.8 Å². The van der Waals surface area contributed by atoms with Crippen molar-refractivity contribution in [3.63, 3.8) is 0 Å². The number of nitrogens with zero attached hydrogens (tertiary/aromatic N) is 2. The molecule has 3 atom stereocenters. The Bertz CT molecular complexity index is 1630. The molecular weight excluding hydrogens is 536 g/mol. The monoisotopic (exact) mass is 574 g/mol. The Labute approximate surface area is 252 Å². The average Bonchev–Trinajstić information content (AvgIpc) is 3.25. The first-order valence-corrected chi connectivity index (χ1v) is 15.0. The normalized spacial score (nSPS) is 18.9. The average molecular weight is 575 g/mol. The van der Waals surface area contributed by atoms with Crippen molar-refractivity contribution in [1.82, 2.24) is 15.5 Å². The summed E-state index contributed by atoms with van der Waals surface area (Å²) >= 11 is 0. The molecule has 0 radical (unpaired) electrons. The van der Waals surface area contributed by atoms with Gasteiger partial charge in [0.25, 0.3) is 5.91 Å². The Morgan fingerprint density at radius 1 is 0.953 bits per heavy atom. The van der Waals surface area contributed by atoms with Crippen LogP contribution in [0, 0.1) is 0 Å². The number of fused-ring (bicyclic) bond motifs is 4. The quantitative estimate of drug-likeness (QED) is 0.187. The lowest BCUT2D eigenvalue weighted by Crippen LogP contribution is -2.54. The lowest BCUT2D eigenvalue weighted by Gasteiger charge is -2.30. The molecule has 8 heteroatoms. The molecule has 0 spiro atoms. The van der Waals surface area contributed by atoms with Crippen molar-refractivity contribution < 1.29 is 9.59 Å². The first-order chi connectivity index (χ1) is 20.9. The predicted octanol–water partition coefficient (Wildman–Crippen LogP) is 3.99. The second kappa shape index (κ2) is 12.3. The Hall–Kier alpha value is -4.69. The summed E-state index contributed by atoms with van der Waals surface area (Å²) in [5.74, 6) is -0.143. The Morgan fingerprint density at radius 3 is 2.28 bits per heavy atom. The van der Waals surface area contributed by atoms with E-state index in [2.05, 4.69) is 64.2 Å². The summed E-state index contributed by atoms with van der Waals surface area (Å²) in [6.45, 7) is 3.45. The molecule has 2 amide bonds. The lowest BCUT2D eigenvalue weighted by molar-refractivity contribution is -0.133. The van der Waals surface area contributed by atoms with Crippen LogP contribution in [0.2, 0.25) is 0 Å². The fourth-order valence-electron chi connectivity index (χ4n) is 6.56. The van der Waals surface area contributed by atoms with Crippen LogP contribution in [-0.4, -0.2) is 60.4 Å². The molecule has 1 aliphatic carbocycles. The first kappa shape index (κ1) is 28.4. The molecule has 220 valence electrons. The molecule has 0 bridgehead atoms. The van der Waals surface area contributed by atoms with Gasteiger partial charge in [-0.2, -0.15) is 0 Å². The number of aliphatic imine (C=N–C) groups is 1. The summed E-state index contributed by atoms with van der Waals surface area (Å²) in [5, 5.41) is 8.72. The molecule has 1 heterocycles. The predicted molar refractivity (Wildman–Crippen MR) is 172 cm³/mol. The molecule has 8 nitrogen and oxygen atoms in total. The summed E-state index contributed by atoms with van der Waals surface area (Å²) in [6.07, 6.45) is 1.26. The van der Waals surface area contributed by atoms with E-state index in [1.165, 1.54) is 22.3 Å². The number of nitrogens with two attached hydrogens (primary N) is 2. The van der Waals surface area contributed by atoms with Crippen molar-refractivity contribution in [3.8, 4) is 11.1 Å². The number of carbonyl (C=O) groups is 2. The second-order valence-electron chi connectivity index (χ2n) is 11.4. The smallest absolute Gasteiger partial charge is 0.251 e. The van der Waals surface area contributed by atoms with Gasteiger partial charge in [0.2, 0.25) is 5.91 Å². The highest BCUT2D eigenvalue weighted by atomic mass is 16.2. The van der Waals surface area contributed by atoms with Crippen molar-refractivity contribution in [2.45, 2.75) is 43.8 Å². The maximum absolute atomic E-state index is 14.2. The van der Waals surface area contributed by atoms with Gasteiger partial charge in [-0.3, -0.25) is 14.9 Å². The zero-order valence-electron chi connectivity index (χ0n) is 24.4. The zero-order valence-corrected chi connectivity index (χ0v) is 24.4. The second-order valence-corrected chi connectivity index (χ2v) is 11.4. The van der Waals surface area contributed by atoms with Gasteiger partial charge in [0, 0.05) is 37.2 Å². The van der Waals surface area contributed by atoms with Gasteiger partial charge >= 0.3 is 0 Å². The minimum atomic E-state index is -0.621. The molecule has 0 saturated carbocycles. The van der Waals surface area contributed by atoms with Gasteiger partial charge in [-0.25, -0.2) is 4.99 Å². The van der Waals surface area contributed by atoms with E-state index in [9.17, 15) is 9.59 Å². The minimum Gasteiger partial charge on any atom is -0.370 e. The number of rotatable bonds is 8. The van der Waals surface area contributed by atoms with Gasteiger partial charge in [-0.05, 0) is 58.0 Å². The molecule has 1 unspecified atom stereocenters. The molecule has 0 aromatic heterocycles. The third-order valence-electron chi connectivity index (χ3n) is 8.74. The van der Waals surface area contributed by atoms with Crippen LogP contribution >= 0.6 is 0 Å². The van der Waals surface area contributed by atoms with Crippen molar-refractivity contribution in [2.75, 3.05) is 19.6 Å². The van der Waals surface area contributed by atoms with Crippen molar-refractivity contribution >= 4 is 28.5 Å². The number of hydrogen-bond donors (Lipinski definition) is 4. The molecule has 1 fully saturated rings. The maximum atomic E-state index is 14.2. The molecule has 1 saturated heterocycles. The summed E-state index contributed by atoms with van der Waals surface area (Å²) in [6, 6.07) is 29.4. The van der Waals surface area contributed by atoms with E-state index in [1.54, 1.807) is 0 Å². The van der Waals surface area contributed by atoms with Gasteiger partial charge in [0.15, 0.2) is 5.96 Å². The van der Waals surface area contributed by atoms with Gasteiger partial charge in [0.1, 0.15) is 6.04 Å². The van der Waals surface area contributed by atoms with Crippen LogP contribution in [0.25, 0.3) is 21.9 Å². The topological polar surface area (TPSA) is 126 Å². The number of carbonyl (C=O) groups excluding carboxylic acids is 2. The fraction of sp³-hybridized carbons (Fsp3) is 0.286. The molecule has 4 aromatic rings. The van der Waals surface area contributed by atoms with Gasteiger partial charge < -0.3 is 21.7 Å². The number of hydrogen-bond acceptors (Lipinski definition) is 4. The van der Waals surface area contributed by atoms with Gasteiger partial charge in [0.05, 0.1) is 6.04 Å². The highest BCUT2D eigenvalue weighted by Gasteiger charge is 2.38. The highest BCUT2D eigenvalue weighted by Crippen LogP contribution is 2.45. The lowest BCUT2D eigenvalue weighted by atomic mass is 9.95. The minimum absolute atomic E-state index is 0.0259. The van der Waals surface area contributed by atoms with E-state index >= 15 is 0 Å². The van der Waals surface area contributed by atoms with Crippen molar-refractivity contribution in [3.05, 3.63) is 108 Å². The summed E-state index contributed by atoms with van der Waals surface area (Å²) < 4.78 is 0. The molecule has 1 aliphatic heterocycles. The SMILES string of the molecule is CCC(N=C(N)N)[C@@H]1N[C@H](CNC(=O)c2ccc3ccccc3c2)CCN(CC2c3ccccc3-c3ccccc32)C1=O. The molecule has 43 heavy (non-hydrogen) atoms. The number of benzene rings is 4. The van der Waals surface area contributed by atoms with Crippen LogP contribution in [0.15, 0.2) is 96.0 Å². The van der Waals surface area contributed by atoms with E-state index in [0.717, 1.165) is 10.8 Å². The first-order valence-electron chi connectivity index (χ1n) is 15.0. The summed E-state index contributed by atoms with van der Waals surface area (Å²) in [7, 11) is 0. The van der Waals surface area contributed by atoms with E-state index in [-0.39, 0.29) is 29.7 Å². The zero-order chi connectivity index (χ0) is 29.9. The standard InChI is InChI=1S/C35H38N6O2/c1-2-31(40-35(36)37)32-34(43)41(21-30-28-13-7-5-11-26(28)27-12-6-8-14-29(27)30)18-17-25(39-32)20-38-33(42)24-16-15-22-9-3-4-10-23(22)19-24/h3-16,19,25,30-32,39H,2,17-18,20-21H2,1H3,(H,38,42)(H4,36,37,40)/t25-,31?,32-/m0/s1. The van der Waals surface area contributed by atoms with Crippen LogP contribution in [0.5, 0.6) is 0 Å². The molecule has 2 aliphatic rings. The van der Waals surface area contributed by atoms with Crippen molar-refractivity contribution in [1.29, 1.82) is 0 Å². The molecule has 6 N–H and O–H groups in total. The Kier molecular flexibility index (Phi) is 8.11. The highest BCUT2D eigenvalue weighted by molar-refractivity contribution is 5.98. The summed E-state index contributed by atoms with van der Waals surface area (Å²) in [4.78, 5) is 33.7. The van der Waals surface area contributed by atoms with Crippen LogP contribution in [0.4, 0.5) is 0 Å². The molecule has 4 aromatic carbocycles. The van der Waals surface area contributed by atoms with E-state index < -0.39 is 12.1 Å². The van der Waals surface area contributed by atoms with Gasteiger partial charge in [-0.15, -0.1) is 0 Å². The number of nitrogens with one attached hydrogen (secondary N) is 2. The summed E-state index contributed by atoms with van der Waals surface area (Å²) in [5.41, 5.74) is 17.1. The van der Waals surface area contributed by atoms with Crippen LogP contribution in [0.3, 0.4) is 0 Å². The van der Waals surface area contributed by atoms with Crippen LogP contribution in [0.1, 0.15) is 47.2 Å². The fourth-order valence-corrected chi connectivity index (χ4v) is 6.56.